The Hall–Kier alpha value is -2.61. The van der Waals surface area contributed by atoms with E-state index in [1.165, 1.54) is 28.8 Å². The fourth-order valence-electron chi connectivity index (χ4n) is 5.31. The Kier molecular flexibility index (Phi) is 7.04. The third kappa shape index (κ3) is 4.52. The summed E-state index contributed by atoms with van der Waals surface area (Å²) in [6.45, 7) is 7.35. The number of furan rings is 1. The fraction of sp³-hybridized carbons (Fsp3) is 0.444. The number of ether oxygens (including phenoxy) is 1. The highest BCUT2D eigenvalue weighted by Crippen LogP contribution is 2.47. The van der Waals surface area contributed by atoms with E-state index in [2.05, 4.69) is 34.2 Å². The Bertz CT molecular complexity index is 1120. The van der Waals surface area contributed by atoms with Crippen molar-refractivity contribution in [2.24, 2.45) is 0 Å². The molecule has 1 aliphatic heterocycles. The van der Waals surface area contributed by atoms with Crippen LogP contribution in [0.4, 0.5) is 5.00 Å². The van der Waals surface area contributed by atoms with Gasteiger partial charge in [0.1, 0.15) is 10.8 Å². The van der Waals surface area contributed by atoms with Crippen molar-refractivity contribution in [3.05, 3.63) is 70.0 Å². The van der Waals surface area contributed by atoms with Gasteiger partial charge in [0.15, 0.2) is 5.76 Å². The van der Waals surface area contributed by atoms with E-state index in [-0.39, 0.29) is 11.9 Å². The quantitative estimate of drug-likeness (QED) is 0.504. The Labute approximate surface area is 205 Å². The predicted octanol–water partition coefficient (Wildman–Crippen LogP) is 5.21. The third-order valence-corrected chi connectivity index (χ3v) is 8.33. The van der Waals surface area contributed by atoms with E-state index in [1.807, 2.05) is 12.1 Å². The zero-order valence-corrected chi connectivity index (χ0v) is 20.8. The third-order valence-electron chi connectivity index (χ3n) is 7.11. The molecule has 1 aromatic carbocycles. The summed E-state index contributed by atoms with van der Waals surface area (Å²) in [6, 6.07) is 11.8. The van der Waals surface area contributed by atoms with E-state index in [1.54, 1.807) is 36.8 Å². The van der Waals surface area contributed by atoms with E-state index < -0.39 is 0 Å². The molecule has 2 aromatic heterocycles. The lowest BCUT2D eigenvalue weighted by Gasteiger charge is -2.40. The lowest BCUT2D eigenvalue weighted by atomic mass is 9.88. The summed E-state index contributed by atoms with van der Waals surface area (Å²) in [6.07, 6.45) is 6.06. The molecule has 34 heavy (non-hydrogen) atoms. The minimum Gasteiger partial charge on any atom is -0.496 e. The fourth-order valence-corrected chi connectivity index (χ4v) is 6.63. The van der Waals surface area contributed by atoms with Crippen molar-refractivity contribution in [3.8, 4) is 5.75 Å². The van der Waals surface area contributed by atoms with Crippen molar-refractivity contribution in [1.29, 1.82) is 0 Å². The number of methoxy groups -OCH3 is 1. The summed E-state index contributed by atoms with van der Waals surface area (Å²) in [5.74, 6) is 1.03. The van der Waals surface area contributed by atoms with Crippen LogP contribution in [0, 0.1) is 0 Å². The Morgan fingerprint density at radius 3 is 2.65 bits per heavy atom. The van der Waals surface area contributed by atoms with Crippen molar-refractivity contribution in [3.63, 3.8) is 0 Å². The summed E-state index contributed by atoms with van der Waals surface area (Å²) in [7, 11) is 1.74. The van der Waals surface area contributed by atoms with Gasteiger partial charge in [-0.1, -0.05) is 25.1 Å². The highest BCUT2D eigenvalue weighted by Gasteiger charge is 2.35. The lowest BCUT2D eigenvalue weighted by Crippen LogP contribution is -2.47. The van der Waals surface area contributed by atoms with Crippen molar-refractivity contribution in [2.75, 3.05) is 45.2 Å². The predicted molar refractivity (Wildman–Crippen MR) is 136 cm³/mol. The molecule has 5 rings (SSSR count). The average molecular weight is 480 g/mol. The zero-order chi connectivity index (χ0) is 23.5. The number of anilines is 1. The number of hydrogen-bond acceptors (Lipinski definition) is 6. The van der Waals surface area contributed by atoms with E-state index in [4.69, 9.17) is 9.15 Å². The Morgan fingerprint density at radius 2 is 1.91 bits per heavy atom. The number of hydrogen-bond donors (Lipinski definition) is 1. The molecule has 2 aliphatic rings. The van der Waals surface area contributed by atoms with E-state index in [9.17, 15) is 4.79 Å². The standard InChI is InChI=1S/C27H33N3O3S/c1-3-29-14-16-30(17-15-29)25(19-9-4-6-11-21(19)32-2)24-20-10-5-7-13-23(20)34-27(24)28-26(31)22-12-8-18-33-22/h4,6,8-9,11-12,18,25H,3,5,7,10,13-17H2,1-2H3,(H,28,31)/t25-/m1/s1. The van der Waals surface area contributed by atoms with E-state index >= 15 is 0 Å². The molecule has 1 amide bonds. The van der Waals surface area contributed by atoms with Crippen LogP contribution < -0.4 is 10.1 Å². The summed E-state index contributed by atoms with van der Waals surface area (Å²) in [5.41, 5.74) is 3.82. The van der Waals surface area contributed by atoms with Crippen LogP contribution in [0.15, 0.2) is 47.1 Å². The molecule has 180 valence electrons. The second-order valence-corrected chi connectivity index (χ2v) is 10.1. The molecule has 3 heterocycles. The van der Waals surface area contributed by atoms with Gasteiger partial charge in [0, 0.05) is 42.2 Å². The molecule has 0 spiro atoms. The highest BCUT2D eigenvalue weighted by molar-refractivity contribution is 7.16. The van der Waals surface area contributed by atoms with E-state index in [0.717, 1.165) is 61.9 Å². The second-order valence-electron chi connectivity index (χ2n) is 9.00. The molecular weight excluding hydrogens is 446 g/mol. The normalized spacial score (nSPS) is 17.8. The van der Waals surface area contributed by atoms with Gasteiger partial charge >= 0.3 is 0 Å². The molecule has 0 unspecified atom stereocenters. The number of carbonyl (C=O) groups excluding carboxylic acids is 1. The van der Waals surface area contributed by atoms with Gasteiger partial charge in [0.05, 0.1) is 19.4 Å². The van der Waals surface area contributed by atoms with Crippen LogP contribution in [0.25, 0.3) is 0 Å². The maximum atomic E-state index is 13.0. The summed E-state index contributed by atoms with van der Waals surface area (Å²) < 4.78 is 11.2. The van der Waals surface area contributed by atoms with Gasteiger partial charge in [-0.15, -0.1) is 11.3 Å². The first-order chi connectivity index (χ1) is 16.7. The maximum Gasteiger partial charge on any atom is 0.291 e. The first-order valence-electron chi connectivity index (χ1n) is 12.3. The zero-order valence-electron chi connectivity index (χ0n) is 20.0. The lowest BCUT2D eigenvalue weighted by molar-refractivity contribution is 0.0995. The number of benzene rings is 1. The van der Waals surface area contributed by atoms with Gasteiger partial charge in [0.2, 0.25) is 0 Å². The summed E-state index contributed by atoms with van der Waals surface area (Å²) in [5, 5.41) is 4.17. The molecule has 1 N–H and O–H groups in total. The molecule has 0 bridgehead atoms. The molecule has 0 saturated carbocycles. The van der Waals surface area contributed by atoms with Crippen molar-refractivity contribution >= 4 is 22.2 Å². The van der Waals surface area contributed by atoms with Crippen LogP contribution in [0.1, 0.15) is 57.9 Å². The topological polar surface area (TPSA) is 58.0 Å². The van der Waals surface area contributed by atoms with Crippen LogP contribution in [0.2, 0.25) is 0 Å². The number of aryl methyl sites for hydroxylation is 1. The molecule has 1 fully saturated rings. The minimum atomic E-state index is -0.195. The van der Waals surface area contributed by atoms with Gasteiger partial charge in [-0.25, -0.2) is 0 Å². The van der Waals surface area contributed by atoms with Crippen molar-refractivity contribution in [2.45, 2.75) is 38.6 Å². The van der Waals surface area contributed by atoms with Gasteiger partial charge in [-0.05, 0) is 56.0 Å². The molecule has 1 saturated heterocycles. The van der Waals surface area contributed by atoms with Crippen LogP contribution >= 0.6 is 11.3 Å². The van der Waals surface area contributed by atoms with Crippen LogP contribution in [-0.4, -0.2) is 55.5 Å². The average Bonchev–Trinajstić information content (AvgIpc) is 3.54. The second kappa shape index (κ2) is 10.3. The summed E-state index contributed by atoms with van der Waals surface area (Å²) >= 11 is 1.74. The number of para-hydroxylation sites is 1. The van der Waals surface area contributed by atoms with Gasteiger partial charge < -0.3 is 19.4 Å². The molecule has 7 heteroatoms. The Balaban J connectivity index is 1.61. The maximum absolute atomic E-state index is 13.0. The SMILES string of the molecule is CCN1CCN([C@H](c2ccccc2OC)c2c(NC(=O)c3ccco3)sc3c2CCCC3)CC1. The number of nitrogens with zero attached hydrogens (tertiary/aromatic N) is 2. The first kappa shape index (κ1) is 23.1. The van der Waals surface area contributed by atoms with E-state index in [0.29, 0.717) is 5.76 Å². The highest BCUT2D eigenvalue weighted by atomic mass is 32.1. The van der Waals surface area contributed by atoms with Gasteiger partial charge in [-0.3, -0.25) is 9.69 Å². The first-order valence-corrected chi connectivity index (χ1v) is 13.1. The van der Waals surface area contributed by atoms with Crippen LogP contribution in [-0.2, 0) is 12.8 Å². The smallest absolute Gasteiger partial charge is 0.291 e. The molecular formula is C27H33N3O3S. The Morgan fingerprint density at radius 1 is 1.12 bits per heavy atom. The van der Waals surface area contributed by atoms with Crippen LogP contribution in [0.3, 0.4) is 0 Å². The monoisotopic (exact) mass is 479 g/mol. The number of carbonyl (C=O) groups is 1. The minimum absolute atomic E-state index is 0.0279. The number of thiophene rings is 1. The molecule has 3 aromatic rings. The van der Waals surface area contributed by atoms with Crippen molar-refractivity contribution in [1.82, 2.24) is 9.80 Å². The van der Waals surface area contributed by atoms with Crippen LogP contribution in [0.5, 0.6) is 5.75 Å². The molecule has 1 aliphatic carbocycles. The summed E-state index contributed by atoms with van der Waals surface area (Å²) in [4.78, 5) is 19.5. The molecule has 0 radical (unpaired) electrons. The van der Waals surface area contributed by atoms with Gasteiger partial charge in [0.25, 0.3) is 5.91 Å². The number of rotatable bonds is 7. The van der Waals surface area contributed by atoms with Crippen molar-refractivity contribution < 1.29 is 13.9 Å². The molecule has 1 atom stereocenters. The number of fused-ring (bicyclic) bond motifs is 1. The number of likely N-dealkylation sites (N-methyl/N-ethyl adjacent to an activating group) is 1. The number of piperazine rings is 1. The number of amides is 1. The van der Waals surface area contributed by atoms with Gasteiger partial charge in [-0.2, -0.15) is 0 Å². The largest absolute Gasteiger partial charge is 0.496 e. The molecule has 6 nitrogen and oxygen atoms in total. The number of nitrogens with one attached hydrogen (secondary N) is 1.